The molecule has 8 nitrogen and oxygen atoms in total. The largest absolute Gasteiger partial charge is 0.480 e. The molecule has 0 saturated heterocycles. The molecule has 8 heteroatoms. The number of carbonyl (C=O) groups is 3. The first-order valence-corrected chi connectivity index (χ1v) is 8.28. The van der Waals surface area contributed by atoms with Crippen molar-refractivity contribution in [3.63, 3.8) is 0 Å². The number of hydrogen-bond donors (Lipinski definition) is 2. The number of fused-ring (bicyclic) bond motifs is 1. The van der Waals surface area contributed by atoms with Gasteiger partial charge in [0.15, 0.2) is 6.23 Å². The highest BCUT2D eigenvalue weighted by Crippen LogP contribution is 2.32. The smallest absolute Gasteiger partial charge is 0.410 e. The normalized spacial score (nSPS) is 15.9. The predicted octanol–water partition coefficient (Wildman–Crippen LogP) is 2.14. The van der Waals surface area contributed by atoms with Crippen molar-refractivity contribution in [3.8, 4) is 5.75 Å². The van der Waals surface area contributed by atoms with E-state index >= 15 is 0 Å². The number of benzene rings is 2. The molecule has 0 aliphatic carbocycles. The Labute approximate surface area is 155 Å². The summed E-state index contributed by atoms with van der Waals surface area (Å²) in [4.78, 5) is 36.7. The Bertz CT molecular complexity index is 839. The lowest BCUT2D eigenvalue weighted by Crippen LogP contribution is -2.42. The van der Waals surface area contributed by atoms with Gasteiger partial charge >= 0.3 is 12.1 Å². The molecule has 140 valence electrons. The number of alkyl carbamates (subject to hydrolysis) is 1. The summed E-state index contributed by atoms with van der Waals surface area (Å²) in [6.45, 7) is -0.417. The Morgan fingerprint density at radius 1 is 1.15 bits per heavy atom. The van der Waals surface area contributed by atoms with Crippen LogP contribution in [0.25, 0.3) is 0 Å². The predicted molar refractivity (Wildman–Crippen MR) is 95.2 cm³/mol. The Morgan fingerprint density at radius 3 is 2.59 bits per heavy atom. The Kier molecular flexibility index (Phi) is 5.55. The maximum absolute atomic E-state index is 12.5. The molecule has 0 aromatic heterocycles. The minimum Gasteiger partial charge on any atom is -0.480 e. The molecule has 0 saturated carbocycles. The molecule has 0 spiro atoms. The van der Waals surface area contributed by atoms with E-state index in [1.807, 2.05) is 30.3 Å². The van der Waals surface area contributed by atoms with Crippen LogP contribution in [0.15, 0.2) is 54.6 Å². The van der Waals surface area contributed by atoms with Crippen molar-refractivity contribution in [3.05, 3.63) is 60.2 Å². The maximum atomic E-state index is 12.5. The molecule has 1 unspecified atom stereocenters. The highest BCUT2D eigenvalue weighted by atomic mass is 16.6. The van der Waals surface area contributed by atoms with E-state index in [1.165, 1.54) is 0 Å². The third-order valence-corrected chi connectivity index (χ3v) is 3.87. The summed E-state index contributed by atoms with van der Waals surface area (Å²) in [5.74, 6) is -1.32. The van der Waals surface area contributed by atoms with Gasteiger partial charge in [0.25, 0.3) is 0 Å². The van der Waals surface area contributed by atoms with Crippen LogP contribution in [0.4, 0.5) is 10.5 Å². The highest BCUT2D eigenvalue weighted by molar-refractivity contribution is 5.99. The van der Waals surface area contributed by atoms with Crippen LogP contribution in [0.3, 0.4) is 0 Å². The number of anilines is 1. The van der Waals surface area contributed by atoms with Crippen LogP contribution in [0, 0.1) is 0 Å². The van der Waals surface area contributed by atoms with Crippen LogP contribution in [0.2, 0.25) is 0 Å². The van der Waals surface area contributed by atoms with Crippen LogP contribution in [0.5, 0.6) is 5.75 Å². The first-order valence-electron chi connectivity index (χ1n) is 8.28. The standard InChI is InChI=1S/C19H18N2O6/c22-17-10-16(20-19(25)26-12-13-6-2-1-3-7-13)27-15-9-5-4-8-14(15)21(17)11-18(23)24/h1-9,16H,10-12H2,(H,20,25)(H,23,24). The Hall–Kier alpha value is -3.55. The van der Waals surface area contributed by atoms with Crippen molar-refractivity contribution >= 4 is 23.7 Å². The van der Waals surface area contributed by atoms with Gasteiger partial charge in [-0.3, -0.25) is 19.8 Å². The average Bonchev–Trinajstić information content (AvgIpc) is 2.77. The second-order valence-electron chi connectivity index (χ2n) is 5.86. The lowest BCUT2D eigenvalue weighted by atomic mass is 10.2. The molecule has 27 heavy (non-hydrogen) atoms. The summed E-state index contributed by atoms with van der Waals surface area (Å²) in [6, 6.07) is 15.7. The van der Waals surface area contributed by atoms with Crippen molar-refractivity contribution in [2.75, 3.05) is 11.4 Å². The van der Waals surface area contributed by atoms with E-state index in [-0.39, 0.29) is 13.0 Å². The van der Waals surface area contributed by atoms with E-state index in [0.29, 0.717) is 11.4 Å². The molecule has 3 rings (SSSR count). The highest BCUT2D eigenvalue weighted by Gasteiger charge is 2.31. The third-order valence-electron chi connectivity index (χ3n) is 3.87. The van der Waals surface area contributed by atoms with Gasteiger partial charge in [-0.25, -0.2) is 4.79 Å². The number of ether oxygens (including phenoxy) is 2. The fourth-order valence-corrected chi connectivity index (χ4v) is 2.66. The fourth-order valence-electron chi connectivity index (χ4n) is 2.66. The van der Waals surface area contributed by atoms with Crippen LogP contribution >= 0.6 is 0 Å². The molecule has 2 amide bonds. The number of carboxylic acid groups (broad SMARTS) is 1. The first kappa shape index (κ1) is 18.2. The summed E-state index contributed by atoms with van der Waals surface area (Å²) in [5.41, 5.74) is 1.16. The number of carboxylic acids is 1. The topological polar surface area (TPSA) is 105 Å². The number of carbonyl (C=O) groups excluding carboxylic acids is 2. The van der Waals surface area contributed by atoms with Gasteiger partial charge in [-0.2, -0.15) is 0 Å². The summed E-state index contributed by atoms with van der Waals surface area (Å²) in [5, 5.41) is 11.6. The van der Waals surface area contributed by atoms with Gasteiger partial charge in [0.2, 0.25) is 5.91 Å². The van der Waals surface area contributed by atoms with E-state index in [0.717, 1.165) is 10.5 Å². The molecule has 2 N–H and O–H groups in total. The van der Waals surface area contributed by atoms with E-state index < -0.39 is 30.7 Å². The van der Waals surface area contributed by atoms with Crippen LogP contribution in [0.1, 0.15) is 12.0 Å². The van der Waals surface area contributed by atoms with Crippen LogP contribution in [-0.2, 0) is 20.9 Å². The van der Waals surface area contributed by atoms with Gasteiger partial charge in [0.05, 0.1) is 12.1 Å². The Morgan fingerprint density at radius 2 is 1.85 bits per heavy atom. The maximum Gasteiger partial charge on any atom is 0.410 e. The molecule has 1 aliphatic rings. The number of para-hydroxylation sites is 2. The second-order valence-corrected chi connectivity index (χ2v) is 5.86. The molecule has 1 atom stereocenters. The van der Waals surface area contributed by atoms with Crippen molar-refractivity contribution in [1.29, 1.82) is 0 Å². The molecule has 0 radical (unpaired) electrons. The summed E-state index contributed by atoms with van der Waals surface area (Å²) in [7, 11) is 0. The zero-order valence-electron chi connectivity index (χ0n) is 14.3. The number of nitrogens with one attached hydrogen (secondary N) is 1. The zero-order valence-corrected chi connectivity index (χ0v) is 14.3. The van der Waals surface area contributed by atoms with Crippen molar-refractivity contribution in [2.24, 2.45) is 0 Å². The van der Waals surface area contributed by atoms with Gasteiger partial charge in [-0.05, 0) is 17.7 Å². The number of amides is 2. The number of aliphatic carboxylic acids is 1. The molecule has 0 bridgehead atoms. The van der Waals surface area contributed by atoms with Crippen LogP contribution < -0.4 is 15.0 Å². The lowest BCUT2D eigenvalue weighted by Gasteiger charge is -2.19. The SMILES string of the molecule is O=C(O)CN1C(=O)CC(NC(=O)OCc2ccccc2)Oc2ccccc21. The van der Waals surface area contributed by atoms with E-state index in [9.17, 15) is 14.4 Å². The van der Waals surface area contributed by atoms with E-state index in [1.54, 1.807) is 24.3 Å². The molecule has 1 heterocycles. The van der Waals surface area contributed by atoms with Gasteiger partial charge in [-0.15, -0.1) is 0 Å². The van der Waals surface area contributed by atoms with Crippen molar-refractivity contribution in [2.45, 2.75) is 19.3 Å². The van der Waals surface area contributed by atoms with Crippen LogP contribution in [-0.4, -0.2) is 35.8 Å². The van der Waals surface area contributed by atoms with Gasteiger partial charge < -0.3 is 14.6 Å². The zero-order chi connectivity index (χ0) is 19.2. The molecular formula is C19H18N2O6. The van der Waals surface area contributed by atoms with E-state index in [4.69, 9.17) is 14.6 Å². The Balaban J connectivity index is 1.68. The van der Waals surface area contributed by atoms with Gasteiger partial charge in [0.1, 0.15) is 18.9 Å². The average molecular weight is 370 g/mol. The van der Waals surface area contributed by atoms with Crippen molar-refractivity contribution in [1.82, 2.24) is 5.32 Å². The summed E-state index contributed by atoms with van der Waals surface area (Å²) in [6.07, 6.45) is -1.93. The monoisotopic (exact) mass is 370 g/mol. The molecule has 2 aromatic carbocycles. The van der Waals surface area contributed by atoms with Gasteiger partial charge in [0, 0.05) is 0 Å². The lowest BCUT2D eigenvalue weighted by molar-refractivity contribution is -0.136. The summed E-state index contributed by atoms with van der Waals surface area (Å²) < 4.78 is 10.8. The number of hydrogen-bond acceptors (Lipinski definition) is 5. The van der Waals surface area contributed by atoms with Gasteiger partial charge in [-0.1, -0.05) is 42.5 Å². The first-order chi connectivity index (χ1) is 13.0. The number of rotatable bonds is 5. The van der Waals surface area contributed by atoms with E-state index in [2.05, 4.69) is 5.32 Å². The second kappa shape index (κ2) is 8.22. The molecule has 0 fully saturated rings. The molecular weight excluding hydrogens is 352 g/mol. The molecule has 1 aliphatic heterocycles. The number of nitrogens with zero attached hydrogens (tertiary/aromatic N) is 1. The fraction of sp³-hybridized carbons (Fsp3) is 0.211. The minimum atomic E-state index is -1.15. The van der Waals surface area contributed by atoms with Crippen molar-refractivity contribution < 1.29 is 29.0 Å². The quantitative estimate of drug-likeness (QED) is 0.835. The summed E-state index contributed by atoms with van der Waals surface area (Å²) >= 11 is 0. The third kappa shape index (κ3) is 4.75. The minimum absolute atomic E-state index is 0.0784. The molecule has 2 aromatic rings.